The summed E-state index contributed by atoms with van der Waals surface area (Å²) in [6, 6.07) is 8.66. The van der Waals surface area contributed by atoms with E-state index in [-0.39, 0.29) is 6.54 Å². The highest BCUT2D eigenvalue weighted by atomic mass is 35.5. The first-order valence-electron chi connectivity index (χ1n) is 6.73. The summed E-state index contributed by atoms with van der Waals surface area (Å²) in [5, 5.41) is 15.7. The number of carboxylic acids is 1. The van der Waals surface area contributed by atoms with Crippen molar-refractivity contribution in [3.8, 4) is 11.3 Å². The Morgan fingerprint density at radius 3 is 2.52 bits per heavy atom. The lowest BCUT2D eigenvalue weighted by Gasteiger charge is -2.10. The molecule has 2 aromatic rings. The molecule has 23 heavy (non-hydrogen) atoms. The lowest BCUT2D eigenvalue weighted by molar-refractivity contribution is -0.141. The summed E-state index contributed by atoms with van der Waals surface area (Å²) in [6.07, 6.45) is 0. The van der Waals surface area contributed by atoms with Gasteiger partial charge in [-0.25, -0.2) is 4.68 Å². The zero-order chi connectivity index (χ0) is 17.0. The number of carbonyl (C=O) groups is 2. The number of benzene rings is 1. The van der Waals surface area contributed by atoms with E-state index >= 15 is 0 Å². The maximum absolute atomic E-state index is 11.8. The molecule has 2 rings (SSSR count). The molecule has 2 N–H and O–H groups in total. The minimum absolute atomic E-state index is 0.363. The maximum atomic E-state index is 11.8. The van der Waals surface area contributed by atoms with Crippen molar-refractivity contribution in [2.75, 3.05) is 0 Å². The number of halogens is 1. The second kappa shape index (κ2) is 7.06. The van der Waals surface area contributed by atoms with Crippen molar-refractivity contribution in [1.82, 2.24) is 15.1 Å². The standard InChI is InChI=1S/C15H14ClN3O4/c1-9(15(22)23)17-13(20)8-19-14(21)7-6-12(18-19)10-2-4-11(16)5-3-10/h2-7,9H,8H2,1H3,(H,17,20)(H,22,23)/t9-/m1/s1. The van der Waals surface area contributed by atoms with E-state index in [9.17, 15) is 14.4 Å². The summed E-state index contributed by atoms with van der Waals surface area (Å²) in [4.78, 5) is 34.3. The Morgan fingerprint density at radius 1 is 1.26 bits per heavy atom. The Hall–Kier alpha value is -2.67. The third kappa shape index (κ3) is 4.40. The molecule has 8 heteroatoms. The van der Waals surface area contributed by atoms with Gasteiger partial charge in [-0.3, -0.25) is 14.4 Å². The van der Waals surface area contributed by atoms with Crippen LogP contribution in [0.3, 0.4) is 0 Å². The van der Waals surface area contributed by atoms with Gasteiger partial charge in [0.25, 0.3) is 5.56 Å². The minimum atomic E-state index is -1.16. The molecule has 0 bridgehead atoms. The van der Waals surface area contributed by atoms with Crippen molar-refractivity contribution < 1.29 is 14.7 Å². The summed E-state index contributed by atoms with van der Waals surface area (Å²) >= 11 is 5.82. The molecule has 7 nitrogen and oxygen atoms in total. The van der Waals surface area contributed by atoms with Crippen LogP contribution in [0.4, 0.5) is 0 Å². The first-order valence-corrected chi connectivity index (χ1v) is 7.11. The average Bonchev–Trinajstić information content (AvgIpc) is 2.50. The Kier molecular flexibility index (Phi) is 5.13. The van der Waals surface area contributed by atoms with Gasteiger partial charge in [-0.2, -0.15) is 5.10 Å². The van der Waals surface area contributed by atoms with Crippen LogP contribution in [0.25, 0.3) is 11.3 Å². The predicted octanol–water partition coefficient (Wildman–Crippen LogP) is 1.15. The van der Waals surface area contributed by atoms with Gasteiger partial charge in [0.1, 0.15) is 12.6 Å². The molecule has 1 aromatic carbocycles. The first-order chi connectivity index (χ1) is 10.9. The van der Waals surface area contributed by atoms with Gasteiger partial charge in [-0.05, 0) is 25.1 Å². The molecule has 0 unspecified atom stereocenters. The lowest BCUT2D eigenvalue weighted by Crippen LogP contribution is -2.41. The van der Waals surface area contributed by atoms with Gasteiger partial charge in [0, 0.05) is 16.7 Å². The van der Waals surface area contributed by atoms with Gasteiger partial charge in [0.05, 0.1) is 5.69 Å². The summed E-state index contributed by atoms with van der Waals surface area (Å²) in [7, 11) is 0. The van der Waals surface area contributed by atoms with Crippen molar-refractivity contribution >= 4 is 23.5 Å². The van der Waals surface area contributed by atoms with Gasteiger partial charge < -0.3 is 10.4 Å². The molecule has 0 aliphatic carbocycles. The van der Waals surface area contributed by atoms with E-state index in [2.05, 4.69) is 10.4 Å². The summed E-state index contributed by atoms with van der Waals surface area (Å²) < 4.78 is 0.980. The Bertz CT molecular complexity index is 786. The number of nitrogens with one attached hydrogen (secondary N) is 1. The number of aromatic nitrogens is 2. The van der Waals surface area contributed by atoms with E-state index in [1.54, 1.807) is 30.3 Å². The number of aliphatic carboxylic acids is 1. The quantitative estimate of drug-likeness (QED) is 0.853. The Labute approximate surface area is 136 Å². The molecule has 0 aliphatic heterocycles. The van der Waals surface area contributed by atoms with Crippen LogP contribution in [0, 0.1) is 0 Å². The highest BCUT2D eigenvalue weighted by molar-refractivity contribution is 6.30. The molecule has 0 radical (unpaired) electrons. The maximum Gasteiger partial charge on any atom is 0.325 e. The molecule has 0 aliphatic rings. The van der Waals surface area contributed by atoms with Crippen LogP contribution in [0.15, 0.2) is 41.2 Å². The van der Waals surface area contributed by atoms with Crippen LogP contribution in [0.2, 0.25) is 5.02 Å². The van der Waals surface area contributed by atoms with E-state index in [0.717, 1.165) is 10.2 Å². The molecule has 1 atom stereocenters. The monoisotopic (exact) mass is 335 g/mol. The average molecular weight is 336 g/mol. The molecule has 1 heterocycles. The minimum Gasteiger partial charge on any atom is -0.480 e. The molecule has 1 amide bonds. The number of nitrogens with zero attached hydrogens (tertiary/aromatic N) is 2. The molecule has 0 spiro atoms. The zero-order valence-electron chi connectivity index (χ0n) is 12.2. The van der Waals surface area contributed by atoms with Gasteiger partial charge in [-0.15, -0.1) is 0 Å². The number of carbonyl (C=O) groups excluding carboxylic acids is 1. The highest BCUT2D eigenvalue weighted by Crippen LogP contribution is 2.18. The topological polar surface area (TPSA) is 101 Å². The van der Waals surface area contributed by atoms with Crippen molar-refractivity contribution in [2.45, 2.75) is 19.5 Å². The molecular weight excluding hydrogens is 322 g/mol. The summed E-state index contributed by atoms with van der Waals surface area (Å²) in [5.74, 6) is -1.77. The molecule has 120 valence electrons. The number of hydrogen-bond acceptors (Lipinski definition) is 4. The molecular formula is C15H14ClN3O4. The number of hydrogen-bond donors (Lipinski definition) is 2. The van der Waals surface area contributed by atoms with E-state index in [1.165, 1.54) is 13.0 Å². The number of amides is 1. The van der Waals surface area contributed by atoms with Crippen LogP contribution in [-0.4, -0.2) is 32.8 Å². The number of carboxylic acid groups (broad SMARTS) is 1. The Balaban J connectivity index is 2.21. The van der Waals surface area contributed by atoms with Crippen LogP contribution in [-0.2, 0) is 16.1 Å². The smallest absolute Gasteiger partial charge is 0.325 e. The fourth-order valence-electron chi connectivity index (χ4n) is 1.82. The van der Waals surface area contributed by atoms with Gasteiger partial charge in [0.2, 0.25) is 5.91 Å². The van der Waals surface area contributed by atoms with Crippen LogP contribution < -0.4 is 10.9 Å². The second-order valence-corrected chi connectivity index (χ2v) is 5.29. The van der Waals surface area contributed by atoms with Crippen molar-refractivity contribution in [1.29, 1.82) is 0 Å². The fourth-order valence-corrected chi connectivity index (χ4v) is 1.95. The molecule has 0 saturated heterocycles. The lowest BCUT2D eigenvalue weighted by atomic mass is 10.1. The van der Waals surface area contributed by atoms with E-state index < -0.39 is 23.5 Å². The van der Waals surface area contributed by atoms with Crippen LogP contribution in [0.1, 0.15) is 6.92 Å². The number of rotatable bonds is 5. The van der Waals surface area contributed by atoms with Gasteiger partial charge >= 0.3 is 5.97 Å². The van der Waals surface area contributed by atoms with E-state index in [4.69, 9.17) is 16.7 Å². The zero-order valence-corrected chi connectivity index (χ0v) is 12.9. The van der Waals surface area contributed by atoms with Crippen molar-refractivity contribution in [3.63, 3.8) is 0 Å². The van der Waals surface area contributed by atoms with Crippen molar-refractivity contribution in [3.05, 3.63) is 51.8 Å². The largest absolute Gasteiger partial charge is 0.480 e. The SMILES string of the molecule is C[C@@H](NC(=O)Cn1nc(-c2ccc(Cl)cc2)ccc1=O)C(=O)O. The van der Waals surface area contributed by atoms with E-state index in [1.807, 2.05) is 0 Å². The summed E-state index contributed by atoms with van der Waals surface area (Å²) in [5.41, 5.74) is 0.781. The molecule has 1 aromatic heterocycles. The van der Waals surface area contributed by atoms with E-state index in [0.29, 0.717) is 10.7 Å². The van der Waals surface area contributed by atoms with Crippen LogP contribution in [0.5, 0.6) is 0 Å². The molecule has 0 fully saturated rings. The fraction of sp³-hybridized carbons (Fsp3) is 0.200. The summed E-state index contributed by atoms with van der Waals surface area (Å²) in [6.45, 7) is 0.971. The highest BCUT2D eigenvalue weighted by Gasteiger charge is 2.15. The third-order valence-electron chi connectivity index (χ3n) is 3.05. The van der Waals surface area contributed by atoms with Gasteiger partial charge in [-0.1, -0.05) is 23.7 Å². The van der Waals surface area contributed by atoms with Crippen LogP contribution >= 0.6 is 11.6 Å². The second-order valence-electron chi connectivity index (χ2n) is 4.85. The molecule has 0 saturated carbocycles. The third-order valence-corrected chi connectivity index (χ3v) is 3.30. The first kappa shape index (κ1) is 16.7. The predicted molar refractivity (Wildman–Crippen MR) is 84.2 cm³/mol. The van der Waals surface area contributed by atoms with Crippen molar-refractivity contribution in [2.24, 2.45) is 0 Å². The normalized spacial score (nSPS) is 11.7. The van der Waals surface area contributed by atoms with Gasteiger partial charge in [0.15, 0.2) is 0 Å². The Morgan fingerprint density at radius 2 is 1.91 bits per heavy atom.